The van der Waals surface area contributed by atoms with Crippen molar-refractivity contribution in [2.24, 2.45) is 9.98 Å². The highest BCUT2D eigenvalue weighted by Gasteiger charge is 2.19. The second-order valence-corrected chi connectivity index (χ2v) is 11.3. The molecule has 2 aromatic carbocycles. The average molecular weight is 598 g/mol. The van der Waals surface area contributed by atoms with E-state index in [0.717, 1.165) is 95.3 Å². The Morgan fingerprint density at radius 3 is 2.67 bits per heavy atom. The number of rotatable bonds is 12. The van der Waals surface area contributed by atoms with Crippen molar-refractivity contribution in [1.82, 2.24) is 24.7 Å². The smallest absolute Gasteiger partial charge is 0.113 e. The third-order valence-corrected chi connectivity index (χ3v) is 8.09. The van der Waals surface area contributed by atoms with Crippen molar-refractivity contribution in [2.45, 2.75) is 33.1 Å². The molecular weight excluding hydrogens is 554 g/mol. The molecule has 0 radical (unpaired) electrons. The molecule has 7 heteroatoms. The molecule has 45 heavy (non-hydrogen) atoms. The Balaban J connectivity index is 1.42. The van der Waals surface area contributed by atoms with E-state index >= 15 is 0 Å². The molecule has 0 N–H and O–H groups in total. The van der Waals surface area contributed by atoms with Crippen LogP contribution in [0.25, 0.3) is 29.0 Å². The van der Waals surface area contributed by atoms with Crippen molar-refractivity contribution >= 4 is 35.6 Å². The van der Waals surface area contributed by atoms with E-state index < -0.39 is 0 Å². The van der Waals surface area contributed by atoms with Gasteiger partial charge in [0.05, 0.1) is 11.4 Å². The normalized spacial score (nSPS) is 14.4. The maximum absolute atomic E-state index is 5.26. The first-order valence-corrected chi connectivity index (χ1v) is 15.7. The number of amidine groups is 1. The molecule has 230 valence electrons. The lowest BCUT2D eigenvalue weighted by molar-refractivity contribution is 0.312. The van der Waals surface area contributed by atoms with Gasteiger partial charge in [0.15, 0.2) is 0 Å². The monoisotopic (exact) mass is 597 g/mol. The number of aliphatic imine (C=N–C) groups is 2. The molecule has 1 aromatic heterocycles. The summed E-state index contributed by atoms with van der Waals surface area (Å²) in [7, 11) is 2.17. The second-order valence-electron chi connectivity index (χ2n) is 11.3. The van der Waals surface area contributed by atoms with Gasteiger partial charge in [0.2, 0.25) is 0 Å². The van der Waals surface area contributed by atoms with Crippen molar-refractivity contribution < 1.29 is 0 Å². The van der Waals surface area contributed by atoms with Gasteiger partial charge < -0.3 is 14.7 Å². The number of hydrogen-bond acceptors (Lipinski definition) is 7. The Morgan fingerprint density at radius 2 is 1.89 bits per heavy atom. The molecule has 3 heterocycles. The van der Waals surface area contributed by atoms with Gasteiger partial charge in [-0.25, -0.2) is 4.99 Å². The minimum Gasteiger partial charge on any atom is -0.348 e. The minimum absolute atomic E-state index is 0.699. The zero-order chi connectivity index (χ0) is 31.6. The molecule has 0 atom stereocenters. The van der Waals surface area contributed by atoms with E-state index in [4.69, 9.17) is 4.99 Å². The summed E-state index contributed by atoms with van der Waals surface area (Å²) < 4.78 is 0. The van der Waals surface area contributed by atoms with Gasteiger partial charge in [-0.2, -0.15) is 0 Å². The highest BCUT2D eigenvalue weighted by atomic mass is 15.2. The topological polar surface area (TPSA) is 60.2 Å². The van der Waals surface area contributed by atoms with Crippen LogP contribution in [0.5, 0.6) is 0 Å². The van der Waals surface area contributed by atoms with Crippen LogP contribution in [0.2, 0.25) is 0 Å². The van der Waals surface area contributed by atoms with Crippen LogP contribution in [0, 0.1) is 0 Å². The molecule has 0 saturated carbocycles. The quantitative estimate of drug-likeness (QED) is 0.199. The van der Waals surface area contributed by atoms with Crippen LogP contribution in [0.1, 0.15) is 49.1 Å². The molecule has 3 aromatic rings. The summed E-state index contributed by atoms with van der Waals surface area (Å²) in [5.41, 5.74) is 9.71. The van der Waals surface area contributed by atoms with E-state index in [1.807, 2.05) is 31.6 Å². The van der Waals surface area contributed by atoms with E-state index in [2.05, 4.69) is 112 Å². The largest absolute Gasteiger partial charge is 0.348 e. The fourth-order valence-corrected chi connectivity index (χ4v) is 5.58. The number of aromatic nitrogens is 2. The first-order chi connectivity index (χ1) is 22.0. The fraction of sp³-hybridized carbons (Fsp3) is 0.263. The van der Waals surface area contributed by atoms with Crippen LogP contribution in [0.3, 0.4) is 0 Å². The van der Waals surface area contributed by atoms with E-state index in [-0.39, 0.29) is 0 Å². The van der Waals surface area contributed by atoms with Crippen LogP contribution in [0.4, 0.5) is 5.69 Å². The lowest BCUT2D eigenvalue weighted by atomic mass is 9.94. The lowest BCUT2D eigenvalue weighted by Gasteiger charge is -2.28. The van der Waals surface area contributed by atoms with Crippen LogP contribution in [0.15, 0.2) is 108 Å². The van der Waals surface area contributed by atoms with Crippen LogP contribution >= 0.6 is 0 Å². The number of hydrogen-bond donors (Lipinski definition) is 0. The zero-order valence-corrected chi connectivity index (χ0v) is 26.7. The summed E-state index contributed by atoms with van der Waals surface area (Å²) in [5, 5.41) is 0. The molecule has 0 unspecified atom stereocenters. The van der Waals surface area contributed by atoms with E-state index in [1.54, 1.807) is 18.6 Å². The van der Waals surface area contributed by atoms with Crippen LogP contribution < -0.4 is 0 Å². The van der Waals surface area contributed by atoms with Crippen molar-refractivity contribution in [3.8, 4) is 11.1 Å². The van der Waals surface area contributed by atoms with Crippen molar-refractivity contribution in [3.05, 3.63) is 121 Å². The fourth-order valence-electron chi connectivity index (χ4n) is 5.58. The maximum atomic E-state index is 5.26. The molecule has 0 aliphatic carbocycles. The van der Waals surface area contributed by atoms with Crippen LogP contribution in [-0.2, 0) is 6.42 Å². The highest BCUT2D eigenvalue weighted by molar-refractivity contribution is 5.93. The van der Waals surface area contributed by atoms with Gasteiger partial charge in [0, 0.05) is 92.7 Å². The summed E-state index contributed by atoms with van der Waals surface area (Å²) in [6.07, 6.45) is 22.0. The Labute approximate surface area is 268 Å². The van der Waals surface area contributed by atoms with Gasteiger partial charge in [-0.1, -0.05) is 50.4 Å². The maximum Gasteiger partial charge on any atom is 0.113 e. The SMILES string of the molecule is C=CC1=Cc2ccc(-c3ccc4c(c3)C=CN(CCc3cnccn3)C4=C)cc2N=C(N(/C=C/N=C\C)CCN(C)CCC)C1. The van der Waals surface area contributed by atoms with E-state index in [0.29, 0.717) is 6.42 Å². The third-order valence-electron chi connectivity index (χ3n) is 8.09. The number of nitrogens with zero attached hydrogens (tertiary/aromatic N) is 7. The first kappa shape index (κ1) is 31.5. The molecule has 0 amide bonds. The van der Waals surface area contributed by atoms with Crippen LogP contribution in [-0.4, -0.2) is 69.9 Å². The summed E-state index contributed by atoms with van der Waals surface area (Å²) in [5.74, 6) is 0.982. The Morgan fingerprint density at radius 1 is 1.04 bits per heavy atom. The highest BCUT2D eigenvalue weighted by Crippen LogP contribution is 2.36. The van der Waals surface area contributed by atoms with Gasteiger partial charge in [-0.15, -0.1) is 0 Å². The summed E-state index contributed by atoms with van der Waals surface area (Å²) >= 11 is 0. The molecule has 0 bridgehead atoms. The second kappa shape index (κ2) is 15.2. The van der Waals surface area contributed by atoms with Crippen molar-refractivity contribution in [3.63, 3.8) is 0 Å². The predicted octanol–water partition coefficient (Wildman–Crippen LogP) is 7.85. The minimum atomic E-state index is 0.699. The van der Waals surface area contributed by atoms with Gasteiger partial charge in [-0.05, 0) is 73.5 Å². The van der Waals surface area contributed by atoms with Gasteiger partial charge in [0.1, 0.15) is 5.84 Å². The summed E-state index contributed by atoms with van der Waals surface area (Å²) in [6, 6.07) is 13.1. The first-order valence-electron chi connectivity index (χ1n) is 15.7. The number of likely N-dealkylation sites (N-methyl/N-ethyl adjacent to an activating group) is 1. The average Bonchev–Trinajstić information content (AvgIpc) is 3.25. The van der Waals surface area contributed by atoms with Gasteiger partial charge in [0.25, 0.3) is 0 Å². The number of fused-ring (bicyclic) bond motifs is 2. The molecule has 7 nitrogen and oxygen atoms in total. The molecular formula is C38H43N7. The third kappa shape index (κ3) is 7.99. The van der Waals surface area contributed by atoms with Gasteiger partial charge >= 0.3 is 0 Å². The van der Waals surface area contributed by atoms with Crippen molar-refractivity contribution in [2.75, 3.05) is 33.2 Å². The Hall–Kier alpha value is -4.88. The standard InChI is InChI=1S/C38H43N7/c1-6-18-43(5)22-23-45(21-17-39-8-3)38-25-30(7-2)24-34-10-9-32(27-37(34)42-38)31-11-12-36-29(4)44(19-13-33(36)26-31)20-14-35-28-40-15-16-41-35/h7-13,15-17,19,21,24,26-28H,2,4,6,14,18,20,22-23,25H2,1,3,5H3/b21-17+,39-8-. The summed E-state index contributed by atoms with van der Waals surface area (Å²) in [6.45, 7) is 16.2. The molecule has 0 fully saturated rings. The molecule has 0 spiro atoms. The molecule has 0 saturated heterocycles. The lowest BCUT2D eigenvalue weighted by Crippen LogP contribution is -2.34. The van der Waals surface area contributed by atoms with Crippen molar-refractivity contribution in [1.29, 1.82) is 0 Å². The molecule has 2 aliphatic heterocycles. The number of allylic oxidation sites excluding steroid dienone is 1. The predicted molar refractivity (Wildman–Crippen MR) is 190 cm³/mol. The number of benzene rings is 2. The Bertz CT molecular complexity index is 1660. The molecule has 2 aliphatic rings. The Kier molecular flexibility index (Phi) is 10.7. The van der Waals surface area contributed by atoms with E-state index in [9.17, 15) is 0 Å². The van der Waals surface area contributed by atoms with Gasteiger partial charge in [-0.3, -0.25) is 15.0 Å². The summed E-state index contributed by atoms with van der Waals surface area (Å²) in [4.78, 5) is 24.9. The molecule has 5 rings (SSSR count). The van der Waals surface area contributed by atoms with E-state index in [1.165, 1.54) is 0 Å². The zero-order valence-electron chi connectivity index (χ0n) is 26.7.